The molecule has 0 saturated carbocycles. The molecule has 0 N–H and O–H groups in total. The van der Waals surface area contributed by atoms with E-state index in [-0.39, 0.29) is 5.78 Å². The van der Waals surface area contributed by atoms with Crippen molar-refractivity contribution in [3.63, 3.8) is 0 Å². The Morgan fingerprint density at radius 3 is 2.30 bits per heavy atom. The fourth-order valence-electron chi connectivity index (χ4n) is 2.56. The van der Waals surface area contributed by atoms with Crippen molar-refractivity contribution in [3.8, 4) is 5.75 Å². The van der Waals surface area contributed by atoms with E-state index in [1.165, 1.54) is 32.1 Å². The molecule has 0 aliphatic carbocycles. The van der Waals surface area contributed by atoms with Gasteiger partial charge in [-0.1, -0.05) is 81.5 Å². The highest BCUT2D eigenvalue weighted by atomic mass is 16.5. The number of rotatable bonds is 10. The van der Waals surface area contributed by atoms with E-state index in [9.17, 15) is 4.79 Å². The van der Waals surface area contributed by atoms with Gasteiger partial charge in [0, 0.05) is 11.1 Å². The molecule has 0 unspecified atom stereocenters. The fourth-order valence-corrected chi connectivity index (χ4v) is 2.56. The van der Waals surface area contributed by atoms with Gasteiger partial charge in [-0.2, -0.15) is 0 Å². The lowest BCUT2D eigenvalue weighted by atomic mass is 10.0. The van der Waals surface area contributed by atoms with E-state index < -0.39 is 0 Å². The monoisotopic (exact) mass is 310 g/mol. The van der Waals surface area contributed by atoms with Crippen LogP contribution < -0.4 is 4.74 Å². The molecule has 2 heteroatoms. The summed E-state index contributed by atoms with van der Waals surface area (Å²) in [4.78, 5) is 12.4. The number of ether oxygens (including phenoxy) is 1. The average molecular weight is 310 g/mol. The zero-order valence-corrected chi connectivity index (χ0v) is 14.0. The lowest BCUT2D eigenvalue weighted by Crippen LogP contribution is -2.02. The van der Waals surface area contributed by atoms with Crippen LogP contribution in [0.1, 0.15) is 61.4 Å². The molecule has 0 aliphatic heterocycles. The van der Waals surface area contributed by atoms with Crippen LogP contribution >= 0.6 is 0 Å². The zero-order chi connectivity index (χ0) is 16.3. The van der Waals surface area contributed by atoms with Crippen LogP contribution in [0.25, 0.3) is 0 Å². The average Bonchev–Trinajstić information content (AvgIpc) is 2.61. The van der Waals surface area contributed by atoms with Gasteiger partial charge < -0.3 is 4.74 Å². The number of ketones is 1. The second-order valence-corrected chi connectivity index (χ2v) is 5.84. The number of benzene rings is 2. The molecule has 0 spiro atoms. The Labute approximate surface area is 139 Å². The summed E-state index contributed by atoms with van der Waals surface area (Å²) < 4.78 is 5.79. The molecule has 0 amide bonds. The van der Waals surface area contributed by atoms with Gasteiger partial charge in [0.15, 0.2) is 5.78 Å². The number of hydrogen-bond acceptors (Lipinski definition) is 2. The topological polar surface area (TPSA) is 26.3 Å². The van der Waals surface area contributed by atoms with E-state index in [1.54, 1.807) is 0 Å². The molecule has 2 nitrogen and oxygen atoms in total. The number of unbranched alkanes of at least 4 members (excludes halogenated alkanes) is 5. The van der Waals surface area contributed by atoms with Crippen molar-refractivity contribution in [1.29, 1.82) is 0 Å². The Bertz CT molecular complexity index is 590. The Balaban J connectivity index is 1.82. The van der Waals surface area contributed by atoms with E-state index >= 15 is 0 Å². The maximum atomic E-state index is 12.4. The predicted molar refractivity (Wildman–Crippen MR) is 95.2 cm³/mol. The predicted octanol–water partition coefficient (Wildman–Crippen LogP) is 5.66. The third-order valence-corrected chi connectivity index (χ3v) is 3.90. The first kappa shape index (κ1) is 17.3. The van der Waals surface area contributed by atoms with Crippen LogP contribution in [-0.2, 0) is 0 Å². The first-order valence-corrected chi connectivity index (χ1v) is 8.64. The summed E-state index contributed by atoms with van der Waals surface area (Å²) in [6, 6.07) is 16.8. The highest BCUT2D eigenvalue weighted by Crippen LogP contribution is 2.17. The molecule has 0 aromatic heterocycles. The van der Waals surface area contributed by atoms with Crippen molar-refractivity contribution in [2.24, 2.45) is 0 Å². The lowest BCUT2D eigenvalue weighted by molar-refractivity contribution is 0.103. The maximum Gasteiger partial charge on any atom is 0.193 e. The molecule has 122 valence electrons. The Hall–Kier alpha value is -2.09. The van der Waals surface area contributed by atoms with Gasteiger partial charge in [0.2, 0.25) is 0 Å². The second kappa shape index (κ2) is 9.83. The van der Waals surface area contributed by atoms with E-state index in [1.807, 2.05) is 54.6 Å². The Morgan fingerprint density at radius 2 is 1.52 bits per heavy atom. The normalized spacial score (nSPS) is 10.5. The number of hydrogen-bond donors (Lipinski definition) is 0. The third kappa shape index (κ3) is 5.90. The Kier molecular flexibility index (Phi) is 7.38. The van der Waals surface area contributed by atoms with Crippen LogP contribution in [0.4, 0.5) is 0 Å². The standard InChI is InChI=1S/C21H26O2/c1-2-3-4-5-6-10-16-23-20-15-11-14-19(17-20)21(22)18-12-8-7-9-13-18/h7-9,11-15,17H,2-6,10,16H2,1H3. The van der Waals surface area contributed by atoms with Crippen LogP contribution in [-0.4, -0.2) is 12.4 Å². The summed E-state index contributed by atoms with van der Waals surface area (Å²) in [6.45, 7) is 2.95. The minimum absolute atomic E-state index is 0.0376. The molecule has 0 atom stereocenters. The number of carbonyl (C=O) groups is 1. The van der Waals surface area contributed by atoms with E-state index in [0.717, 1.165) is 18.8 Å². The van der Waals surface area contributed by atoms with Gasteiger partial charge in [-0.25, -0.2) is 0 Å². The van der Waals surface area contributed by atoms with Crippen molar-refractivity contribution < 1.29 is 9.53 Å². The van der Waals surface area contributed by atoms with Gasteiger partial charge in [0.25, 0.3) is 0 Å². The largest absolute Gasteiger partial charge is 0.494 e. The van der Waals surface area contributed by atoms with E-state index in [2.05, 4.69) is 6.92 Å². The van der Waals surface area contributed by atoms with Crippen molar-refractivity contribution >= 4 is 5.78 Å². The molecule has 0 radical (unpaired) electrons. The van der Waals surface area contributed by atoms with Crippen LogP contribution in [0, 0.1) is 0 Å². The van der Waals surface area contributed by atoms with E-state index in [0.29, 0.717) is 11.1 Å². The minimum atomic E-state index is 0.0376. The quantitative estimate of drug-likeness (QED) is 0.418. The summed E-state index contributed by atoms with van der Waals surface area (Å²) in [5, 5.41) is 0. The molecule has 0 saturated heterocycles. The molecule has 0 heterocycles. The summed E-state index contributed by atoms with van der Waals surface area (Å²) in [5.74, 6) is 0.816. The van der Waals surface area contributed by atoms with Gasteiger partial charge in [-0.15, -0.1) is 0 Å². The molecule has 2 rings (SSSR count). The second-order valence-electron chi connectivity index (χ2n) is 5.84. The molecule has 2 aromatic rings. The lowest BCUT2D eigenvalue weighted by Gasteiger charge is -2.08. The third-order valence-electron chi connectivity index (χ3n) is 3.90. The smallest absolute Gasteiger partial charge is 0.193 e. The van der Waals surface area contributed by atoms with Gasteiger partial charge in [-0.3, -0.25) is 4.79 Å². The molecule has 0 aliphatic rings. The van der Waals surface area contributed by atoms with Crippen molar-refractivity contribution in [1.82, 2.24) is 0 Å². The van der Waals surface area contributed by atoms with E-state index in [4.69, 9.17) is 4.74 Å². The van der Waals surface area contributed by atoms with Gasteiger partial charge >= 0.3 is 0 Å². The van der Waals surface area contributed by atoms with Crippen molar-refractivity contribution in [2.45, 2.75) is 45.4 Å². The van der Waals surface area contributed by atoms with Crippen LogP contribution in [0.3, 0.4) is 0 Å². The fraction of sp³-hybridized carbons (Fsp3) is 0.381. The van der Waals surface area contributed by atoms with Crippen molar-refractivity contribution in [2.75, 3.05) is 6.61 Å². The zero-order valence-electron chi connectivity index (χ0n) is 14.0. The molecule has 23 heavy (non-hydrogen) atoms. The molecule has 0 bridgehead atoms. The van der Waals surface area contributed by atoms with Gasteiger partial charge in [-0.05, 0) is 18.6 Å². The summed E-state index contributed by atoms with van der Waals surface area (Å²) in [5.41, 5.74) is 1.39. The first-order valence-electron chi connectivity index (χ1n) is 8.64. The van der Waals surface area contributed by atoms with Crippen molar-refractivity contribution in [3.05, 3.63) is 65.7 Å². The van der Waals surface area contributed by atoms with Gasteiger partial charge in [0.1, 0.15) is 5.75 Å². The highest BCUT2D eigenvalue weighted by Gasteiger charge is 2.09. The summed E-state index contributed by atoms with van der Waals surface area (Å²) >= 11 is 0. The summed E-state index contributed by atoms with van der Waals surface area (Å²) in [7, 11) is 0. The van der Waals surface area contributed by atoms with Gasteiger partial charge in [0.05, 0.1) is 6.61 Å². The minimum Gasteiger partial charge on any atom is -0.494 e. The Morgan fingerprint density at radius 1 is 0.826 bits per heavy atom. The molecular formula is C21H26O2. The first-order chi connectivity index (χ1) is 11.3. The number of carbonyl (C=O) groups excluding carboxylic acids is 1. The van der Waals surface area contributed by atoms with Crippen LogP contribution in [0.15, 0.2) is 54.6 Å². The summed E-state index contributed by atoms with van der Waals surface area (Å²) in [6.07, 6.45) is 7.48. The van der Waals surface area contributed by atoms with Crippen LogP contribution in [0.2, 0.25) is 0 Å². The molecular weight excluding hydrogens is 284 g/mol. The highest BCUT2D eigenvalue weighted by molar-refractivity contribution is 6.09. The van der Waals surface area contributed by atoms with Crippen LogP contribution in [0.5, 0.6) is 5.75 Å². The molecule has 0 fully saturated rings. The SMILES string of the molecule is CCCCCCCCOc1cccc(C(=O)c2ccccc2)c1. The molecule has 2 aromatic carbocycles. The maximum absolute atomic E-state index is 12.4.